The molecule has 0 radical (unpaired) electrons. The zero-order chi connectivity index (χ0) is 12.7. The van der Waals surface area contributed by atoms with E-state index in [0.717, 1.165) is 36.1 Å². The summed E-state index contributed by atoms with van der Waals surface area (Å²) in [5.41, 5.74) is 0. The standard InChI is InChI=1S/C11H19N5S/c1-4-6-13-10(8-12)5-7-17-11-15-14-9(2)16(11)3/h10,13H,4-7H2,1-3H3. The lowest BCUT2D eigenvalue weighted by Crippen LogP contribution is -2.28. The van der Waals surface area contributed by atoms with Gasteiger partial charge in [0, 0.05) is 12.8 Å². The molecule has 0 fully saturated rings. The summed E-state index contributed by atoms with van der Waals surface area (Å²) in [7, 11) is 1.95. The lowest BCUT2D eigenvalue weighted by Gasteiger charge is -2.09. The molecule has 0 aliphatic heterocycles. The molecule has 1 heterocycles. The number of nitrogens with one attached hydrogen (secondary N) is 1. The van der Waals surface area contributed by atoms with E-state index >= 15 is 0 Å². The molecule has 0 spiro atoms. The van der Waals surface area contributed by atoms with Crippen molar-refractivity contribution in [1.82, 2.24) is 20.1 Å². The lowest BCUT2D eigenvalue weighted by atomic mass is 10.2. The Morgan fingerprint density at radius 1 is 1.53 bits per heavy atom. The maximum atomic E-state index is 8.95. The summed E-state index contributed by atoms with van der Waals surface area (Å²) in [5, 5.41) is 21.1. The number of thioether (sulfide) groups is 1. The Kier molecular flexibility index (Phi) is 6.01. The van der Waals surface area contributed by atoms with E-state index in [1.165, 1.54) is 0 Å². The average Bonchev–Trinajstić information content (AvgIpc) is 2.65. The quantitative estimate of drug-likeness (QED) is 0.746. The molecule has 1 aromatic rings. The van der Waals surface area contributed by atoms with E-state index in [1.54, 1.807) is 11.8 Å². The average molecular weight is 253 g/mol. The lowest BCUT2D eigenvalue weighted by molar-refractivity contribution is 0.585. The minimum Gasteiger partial charge on any atom is -0.309 e. The van der Waals surface area contributed by atoms with Gasteiger partial charge in [0.15, 0.2) is 5.16 Å². The summed E-state index contributed by atoms with van der Waals surface area (Å²) in [6, 6.07) is 2.22. The summed E-state index contributed by atoms with van der Waals surface area (Å²) in [5.74, 6) is 1.79. The molecule has 0 saturated heterocycles. The van der Waals surface area contributed by atoms with Gasteiger partial charge in [0.2, 0.25) is 0 Å². The first-order valence-electron chi connectivity index (χ1n) is 5.80. The molecule has 1 aromatic heterocycles. The summed E-state index contributed by atoms with van der Waals surface area (Å²) in [6.45, 7) is 4.92. The van der Waals surface area contributed by atoms with Crippen molar-refractivity contribution in [3.8, 4) is 6.07 Å². The van der Waals surface area contributed by atoms with Crippen LogP contribution in [0.1, 0.15) is 25.6 Å². The third kappa shape index (κ3) is 4.36. The Bertz CT molecular complexity index is 382. The van der Waals surface area contributed by atoms with Gasteiger partial charge in [-0.05, 0) is 26.3 Å². The molecule has 0 aliphatic carbocycles. The molecular formula is C11H19N5S. The first kappa shape index (κ1) is 14.0. The molecule has 0 aliphatic rings. The predicted octanol–water partition coefficient (Wildman–Crippen LogP) is 1.50. The van der Waals surface area contributed by atoms with E-state index < -0.39 is 0 Å². The first-order valence-corrected chi connectivity index (χ1v) is 6.79. The van der Waals surface area contributed by atoms with E-state index in [1.807, 2.05) is 18.5 Å². The van der Waals surface area contributed by atoms with Crippen molar-refractivity contribution in [2.24, 2.45) is 7.05 Å². The van der Waals surface area contributed by atoms with Crippen molar-refractivity contribution >= 4 is 11.8 Å². The molecular weight excluding hydrogens is 234 g/mol. The van der Waals surface area contributed by atoms with Crippen LogP contribution in [-0.2, 0) is 7.05 Å². The van der Waals surface area contributed by atoms with Crippen LogP contribution in [0.15, 0.2) is 5.16 Å². The Balaban J connectivity index is 2.32. The number of rotatable bonds is 7. The SMILES string of the molecule is CCCNC(C#N)CCSc1nnc(C)n1C. The first-order chi connectivity index (χ1) is 8.19. The van der Waals surface area contributed by atoms with Crippen LogP contribution in [0.4, 0.5) is 0 Å². The van der Waals surface area contributed by atoms with E-state index in [4.69, 9.17) is 5.26 Å². The Hall–Kier alpha value is -1.06. The van der Waals surface area contributed by atoms with Crippen LogP contribution in [0.25, 0.3) is 0 Å². The predicted molar refractivity (Wildman–Crippen MR) is 68.8 cm³/mol. The number of nitriles is 1. The van der Waals surface area contributed by atoms with Gasteiger partial charge in [-0.2, -0.15) is 5.26 Å². The number of hydrogen-bond donors (Lipinski definition) is 1. The van der Waals surface area contributed by atoms with Crippen molar-refractivity contribution in [3.05, 3.63) is 5.82 Å². The number of aryl methyl sites for hydroxylation is 1. The summed E-state index contributed by atoms with van der Waals surface area (Å²) >= 11 is 1.64. The smallest absolute Gasteiger partial charge is 0.190 e. The fraction of sp³-hybridized carbons (Fsp3) is 0.727. The third-order valence-corrected chi connectivity index (χ3v) is 3.54. The fourth-order valence-corrected chi connectivity index (χ4v) is 2.27. The van der Waals surface area contributed by atoms with Gasteiger partial charge in [-0.1, -0.05) is 18.7 Å². The van der Waals surface area contributed by atoms with Gasteiger partial charge in [0.1, 0.15) is 5.82 Å². The van der Waals surface area contributed by atoms with Gasteiger partial charge in [-0.25, -0.2) is 0 Å². The molecule has 17 heavy (non-hydrogen) atoms. The van der Waals surface area contributed by atoms with Crippen LogP contribution in [0, 0.1) is 18.3 Å². The number of hydrogen-bond acceptors (Lipinski definition) is 5. The highest BCUT2D eigenvalue weighted by atomic mass is 32.2. The Labute approximate surface area is 107 Å². The monoisotopic (exact) mass is 253 g/mol. The second kappa shape index (κ2) is 7.30. The van der Waals surface area contributed by atoms with Gasteiger partial charge in [0.05, 0.1) is 12.1 Å². The van der Waals surface area contributed by atoms with Crippen LogP contribution in [0.5, 0.6) is 0 Å². The van der Waals surface area contributed by atoms with E-state index in [-0.39, 0.29) is 6.04 Å². The normalized spacial score (nSPS) is 12.4. The summed E-state index contributed by atoms with van der Waals surface area (Å²) in [4.78, 5) is 0. The zero-order valence-electron chi connectivity index (χ0n) is 10.6. The van der Waals surface area contributed by atoms with Gasteiger partial charge < -0.3 is 9.88 Å². The maximum Gasteiger partial charge on any atom is 0.190 e. The molecule has 0 aromatic carbocycles. The second-order valence-corrected chi connectivity index (χ2v) is 4.92. The van der Waals surface area contributed by atoms with Gasteiger partial charge >= 0.3 is 0 Å². The molecule has 1 rings (SSSR count). The molecule has 6 heteroatoms. The highest BCUT2D eigenvalue weighted by Crippen LogP contribution is 2.16. The van der Waals surface area contributed by atoms with Crippen LogP contribution in [0.3, 0.4) is 0 Å². The maximum absolute atomic E-state index is 8.95. The zero-order valence-corrected chi connectivity index (χ0v) is 11.4. The molecule has 0 saturated carbocycles. The highest BCUT2D eigenvalue weighted by Gasteiger charge is 2.09. The van der Waals surface area contributed by atoms with E-state index in [0.29, 0.717) is 0 Å². The van der Waals surface area contributed by atoms with Crippen LogP contribution in [-0.4, -0.2) is 33.1 Å². The van der Waals surface area contributed by atoms with Crippen molar-refractivity contribution in [2.45, 2.75) is 37.9 Å². The van der Waals surface area contributed by atoms with Crippen molar-refractivity contribution in [1.29, 1.82) is 5.26 Å². The number of aromatic nitrogens is 3. The van der Waals surface area contributed by atoms with Crippen LogP contribution >= 0.6 is 11.8 Å². The second-order valence-electron chi connectivity index (χ2n) is 3.86. The van der Waals surface area contributed by atoms with Gasteiger partial charge in [0.25, 0.3) is 0 Å². The molecule has 1 atom stereocenters. The van der Waals surface area contributed by atoms with Crippen LogP contribution in [0.2, 0.25) is 0 Å². The van der Waals surface area contributed by atoms with Crippen LogP contribution < -0.4 is 5.32 Å². The topological polar surface area (TPSA) is 66.5 Å². The van der Waals surface area contributed by atoms with E-state index in [2.05, 4.69) is 28.5 Å². The van der Waals surface area contributed by atoms with Crippen molar-refractivity contribution in [3.63, 3.8) is 0 Å². The van der Waals surface area contributed by atoms with Crippen molar-refractivity contribution < 1.29 is 0 Å². The van der Waals surface area contributed by atoms with Crippen molar-refractivity contribution in [2.75, 3.05) is 12.3 Å². The Morgan fingerprint density at radius 3 is 2.82 bits per heavy atom. The molecule has 94 valence electrons. The van der Waals surface area contributed by atoms with E-state index in [9.17, 15) is 0 Å². The molecule has 1 unspecified atom stereocenters. The minimum atomic E-state index is -0.0585. The third-order valence-electron chi connectivity index (χ3n) is 2.49. The molecule has 0 amide bonds. The largest absolute Gasteiger partial charge is 0.309 e. The van der Waals surface area contributed by atoms with Gasteiger partial charge in [-0.3, -0.25) is 0 Å². The number of nitrogens with zero attached hydrogens (tertiary/aromatic N) is 4. The summed E-state index contributed by atoms with van der Waals surface area (Å²) in [6.07, 6.45) is 1.88. The Morgan fingerprint density at radius 2 is 2.29 bits per heavy atom. The van der Waals surface area contributed by atoms with Gasteiger partial charge in [-0.15, -0.1) is 10.2 Å². The molecule has 0 bridgehead atoms. The fourth-order valence-electron chi connectivity index (χ4n) is 1.31. The molecule has 5 nitrogen and oxygen atoms in total. The minimum absolute atomic E-state index is 0.0585. The molecule has 1 N–H and O–H groups in total. The highest BCUT2D eigenvalue weighted by molar-refractivity contribution is 7.99. The summed E-state index contributed by atoms with van der Waals surface area (Å²) < 4.78 is 1.96.